The third-order valence-electron chi connectivity index (χ3n) is 2.15. The summed E-state index contributed by atoms with van der Waals surface area (Å²) in [4.78, 5) is 12.6. The fourth-order valence-corrected chi connectivity index (χ4v) is 1.74. The summed E-state index contributed by atoms with van der Waals surface area (Å²) < 4.78 is 0. The van der Waals surface area contributed by atoms with Crippen LogP contribution in [0.15, 0.2) is 5.29 Å². The first kappa shape index (κ1) is 8.46. The molecular formula is C7H15N3O. The number of piperazine rings is 1. The molecule has 64 valence electrons. The molecule has 1 fully saturated rings. The molecule has 0 aromatic carbocycles. The number of hydrogen-bond donors (Lipinski definition) is 0. The fraction of sp³-hybridized carbons (Fsp3) is 1.00. The van der Waals surface area contributed by atoms with Crippen LogP contribution in [0, 0.1) is 4.91 Å². The third-order valence-corrected chi connectivity index (χ3v) is 2.15. The van der Waals surface area contributed by atoms with Gasteiger partial charge in [-0.3, -0.25) is 5.01 Å². The van der Waals surface area contributed by atoms with Crippen molar-refractivity contribution in [2.75, 3.05) is 20.1 Å². The Morgan fingerprint density at radius 1 is 1.27 bits per heavy atom. The molecule has 0 unspecified atom stereocenters. The molecule has 0 spiro atoms. The van der Waals surface area contributed by atoms with Crippen molar-refractivity contribution in [1.82, 2.24) is 9.91 Å². The average molecular weight is 157 g/mol. The Bertz CT molecular complexity index is 139. The minimum absolute atomic E-state index is 0.251. The van der Waals surface area contributed by atoms with Gasteiger partial charge in [0.1, 0.15) is 0 Å². The number of rotatable bonds is 1. The van der Waals surface area contributed by atoms with E-state index >= 15 is 0 Å². The molecule has 4 heteroatoms. The lowest BCUT2D eigenvalue weighted by molar-refractivity contribution is 0.0534. The molecule has 2 atom stereocenters. The predicted molar refractivity (Wildman–Crippen MR) is 44.1 cm³/mol. The molecule has 1 aliphatic rings. The van der Waals surface area contributed by atoms with Crippen molar-refractivity contribution in [2.24, 2.45) is 5.29 Å². The Kier molecular flexibility index (Phi) is 2.44. The Hall–Kier alpha value is -0.640. The first-order valence-electron chi connectivity index (χ1n) is 3.95. The minimum atomic E-state index is 0.251. The number of likely N-dealkylation sites (N-methyl/N-ethyl adjacent to an activating group) is 1. The van der Waals surface area contributed by atoms with Gasteiger partial charge in [0, 0.05) is 13.1 Å². The van der Waals surface area contributed by atoms with Crippen LogP contribution < -0.4 is 0 Å². The van der Waals surface area contributed by atoms with E-state index in [1.54, 1.807) is 5.01 Å². The van der Waals surface area contributed by atoms with Gasteiger partial charge in [-0.25, -0.2) is 0 Å². The Morgan fingerprint density at radius 3 is 2.09 bits per heavy atom. The zero-order valence-electron chi connectivity index (χ0n) is 7.32. The summed E-state index contributed by atoms with van der Waals surface area (Å²) in [6.07, 6.45) is 0. The largest absolute Gasteiger partial charge is 0.302 e. The highest BCUT2D eigenvalue weighted by Crippen LogP contribution is 2.13. The van der Waals surface area contributed by atoms with Crippen molar-refractivity contribution in [3.63, 3.8) is 0 Å². The van der Waals surface area contributed by atoms with E-state index in [1.165, 1.54) is 0 Å². The molecule has 1 heterocycles. The van der Waals surface area contributed by atoms with Crippen molar-refractivity contribution >= 4 is 0 Å². The monoisotopic (exact) mass is 157 g/mol. The van der Waals surface area contributed by atoms with Gasteiger partial charge in [0.05, 0.1) is 17.4 Å². The second-order valence-electron chi connectivity index (χ2n) is 3.38. The van der Waals surface area contributed by atoms with Crippen LogP contribution in [0.5, 0.6) is 0 Å². The molecule has 0 saturated carbocycles. The highest BCUT2D eigenvalue weighted by molar-refractivity contribution is 4.80. The second kappa shape index (κ2) is 3.17. The standard InChI is InChI=1S/C7H15N3O/c1-6-4-9(3)5-7(2)10(6)8-11/h6-7H,4-5H2,1-3H3/t6-,7+. The lowest BCUT2D eigenvalue weighted by Gasteiger charge is -2.38. The zero-order valence-corrected chi connectivity index (χ0v) is 7.32. The van der Waals surface area contributed by atoms with Crippen molar-refractivity contribution < 1.29 is 0 Å². The summed E-state index contributed by atoms with van der Waals surface area (Å²) in [5.74, 6) is 0. The van der Waals surface area contributed by atoms with Crippen LogP contribution in [0.3, 0.4) is 0 Å². The van der Waals surface area contributed by atoms with Gasteiger partial charge in [0.15, 0.2) is 0 Å². The maximum atomic E-state index is 10.3. The molecule has 1 aliphatic heterocycles. The van der Waals surface area contributed by atoms with Crippen LogP contribution in [-0.4, -0.2) is 42.1 Å². The molecular weight excluding hydrogens is 142 g/mol. The maximum Gasteiger partial charge on any atom is 0.0605 e. The quantitative estimate of drug-likeness (QED) is 0.525. The van der Waals surface area contributed by atoms with Gasteiger partial charge >= 0.3 is 0 Å². The third kappa shape index (κ3) is 1.68. The van der Waals surface area contributed by atoms with E-state index in [-0.39, 0.29) is 12.1 Å². The van der Waals surface area contributed by atoms with Crippen molar-refractivity contribution in [1.29, 1.82) is 0 Å². The number of nitrogens with zero attached hydrogens (tertiary/aromatic N) is 3. The molecule has 11 heavy (non-hydrogen) atoms. The van der Waals surface area contributed by atoms with Crippen molar-refractivity contribution in [3.05, 3.63) is 4.91 Å². The summed E-state index contributed by atoms with van der Waals surface area (Å²) in [6, 6.07) is 0.502. The van der Waals surface area contributed by atoms with Crippen LogP contribution >= 0.6 is 0 Å². The van der Waals surface area contributed by atoms with Gasteiger partial charge in [-0.2, -0.15) is 0 Å². The van der Waals surface area contributed by atoms with Crippen LogP contribution in [0.2, 0.25) is 0 Å². The van der Waals surface area contributed by atoms with E-state index in [4.69, 9.17) is 0 Å². The van der Waals surface area contributed by atoms with E-state index in [2.05, 4.69) is 17.2 Å². The van der Waals surface area contributed by atoms with E-state index in [0.29, 0.717) is 0 Å². The van der Waals surface area contributed by atoms with Gasteiger partial charge in [-0.15, -0.1) is 4.91 Å². The molecule has 0 bridgehead atoms. The molecule has 0 aromatic heterocycles. The molecule has 4 nitrogen and oxygen atoms in total. The molecule has 1 rings (SSSR count). The Balaban J connectivity index is 2.58. The highest BCUT2D eigenvalue weighted by atomic mass is 16.3. The van der Waals surface area contributed by atoms with Gasteiger partial charge in [-0.05, 0) is 20.9 Å². The maximum absolute atomic E-state index is 10.3. The summed E-state index contributed by atoms with van der Waals surface area (Å²) in [6.45, 7) is 5.90. The first-order valence-corrected chi connectivity index (χ1v) is 3.95. The Labute approximate surface area is 67.1 Å². The smallest absolute Gasteiger partial charge is 0.0605 e. The van der Waals surface area contributed by atoms with Crippen molar-refractivity contribution in [2.45, 2.75) is 25.9 Å². The zero-order chi connectivity index (χ0) is 8.43. The lowest BCUT2D eigenvalue weighted by Crippen LogP contribution is -2.52. The predicted octanol–water partition coefficient (Wildman–Crippen LogP) is 0.692. The normalized spacial score (nSPS) is 33.9. The van der Waals surface area contributed by atoms with Gasteiger partial charge < -0.3 is 4.90 Å². The summed E-state index contributed by atoms with van der Waals surface area (Å²) in [5, 5.41) is 4.64. The second-order valence-corrected chi connectivity index (χ2v) is 3.38. The summed E-state index contributed by atoms with van der Waals surface area (Å²) >= 11 is 0. The fourth-order valence-electron chi connectivity index (χ4n) is 1.74. The number of nitroso groups, excluding NO2 is 1. The highest BCUT2D eigenvalue weighted by Gasteiger charge is 2.27. The van der Waals surface area contributed by atoms with Gasteiger partial charge in [-0.1, -0.05) is 0 Å². The lowest BCUT2D eigenvalue weighted by atomic mass is 10.1. The van der Waals surface area contributed by atoms with Crippen LogP contribution in [0.1, 0.15) is 13.8 Å². The minimum Gasteiger partial charge on any atom is -0.302 e. The molecule has 0 radical (unpaired) electrons. The molecule has 1 saturated heterocycles. The molecule has 0 amide bonds. The Morgan fingerprint density at radius 2 is 1.73 bits per heavy atom. The molecule has 0 aromatic rings. The molecule has 0 aliphatic carbocycles. The van der Waals surface area contributed by atoms with Gasteiger partial charge in [0.25, 0.3) is 0 Å². The molecule has 0 N–H and O–H groups in total. The van der Waals surface area contributed by atoms with Crippen molar-refractivity contribution in [3.8, 4) is 0 Å². The van der Waals surface area contributed by atoms with E-state index in [9.17, 15) is 4.91 Å². The van der Waals surface area contributed by atoms with Crippen LogP contribution in [-0.2, 0) is 0 Å². The summed E-state index contributed by atoms with van der Waals surface area (Å²) in [7, 11) is 2.06. The summed E-state index contributed by atoms with van der Waals surface area (Å²) in [5.41, 5.74) is 0. The van der Waals surface area contributed by atoms with Gasteiger partial charge in [0.2, 0.25) is 0 Å². The van der Waals surface area contributed by atoms with Crippen LogP contribution in [0.4, 0.5) is 0 Å². The van der Waals surface area contributed by atoms with E-state index in [0.717, 1.165) is 13.1 Å². The SMILES string of the molecule is C[C@@H]1CN(C)C[C@H](C)N1N=O. The number of hydrogen-bond acceptors (Lipinski definition) is 3. The van der Waals surface area contributed by atoms with Crippen LogP contribution in [0.25, 0.3) is 0 Å². The average Bonchev–Trinajstić information content (AvgIpc) is 1.85. The topological polar surface area (TPSA) is 35.9 Å². The van der Waals surface area contributed by atoms with E-state index < -0.39 is 0 Å². The van der Waals surface area contributed by atoms with E-state index in [1.807, 2.05) is 13.8 Å². The first-order chi connectivity index (χ1) is 5.15.